The number of halogens is 1. The first-order chi connectivity index (χ1) is 8.72. The average Bonchev–Trinajstić information content (AvgIpc) is 2.76. The van der Waals surface area contributed by atoms with Crippen LogP contribution < -0.4 is 0 Å². The Balaban J connectivity index is 1.85. The van der Waals surface area contributed by atoms with E-state index in [-0.39, 0.29) is 5.78 Å². The Bertz CT molecular complexity index is 586. The minimum absolute atomic E-state index is 0.277. The highest BCUT2D eigenvalue weighted by atomic mass is 79.9. The van der Waals surface area contributed by atoms with E-state index in [9.17, 15) is 4.79 Å². The SMILES string of the molecule is O=C1CCCc2cn(Cc3ccc(Br)cn3)cc21. The van der Waals surface area contributed by atoms with Crippen molar-refractivity contribution in [1.82, 2.24) is 9.55 Å². The molecule has 0 saturated heterocycles. The number of carbonyl (C=O) groups is 1. The zero-order chi connectivity index (χ0) is 12.5. The van der Waals surface area contributed by atoms with Gasteiger partial charge in [-0.25, -0.2) is 0 Å². The third-order valence-corrected chi connectivity index (χ3v) is 3.72. The molecule has 0 unspecified atom stereocenters. The summed E-state index contributed by atoms with van der Waals surface area (Å²) in [7, 11) is 0. The van der Waals surface area contributed by atoms with Gasteiger partial charge < -0.3 is 4.57 Å². The Morgan fingerprint density at radius 2 is 2.17 bits per heavy atom. The lowest BCUT2D eigenvalue weighted by Gasteiger charge is -2.07. The van der Waals surface area contributed by atoms with Crippen LogP contribution in [0.25, 0.3) is 0 Å². The molecule has 2 heterocycles. The molecule has 0 atom stereocenters. The Morgan fingerprint density at radius 3 is 2.89 bits per heavy atom. The monoisotopic (exact) mass is 304 g/mol. The van der Waals surface area contributed by atoms with E-state index in [1.165, 1.54) is 5.56 Å². The summed E-state index contributed by atoms with van der Waals surface area (Å²) in [5.41, 5.74) is 3.08. The third kappa shape index (κ3) is 2.25. The molecule has 0 bridgehead atoms. The standard InChI is InChI=1S/C14H13BrN2O/c15-11-4-5-12(16-6-11)8-17-7-10-2-1-3-14(18)13(10)9-17/h4-7,9H,1-3,8H2. The molecule has 0 aromatic carbocycles. The lowest BCUT2D eigenvalue weighted by atomic mass is 9.95. The minimum Gasteiger partial charge on any atom is -0.347 e. The maximum atomic E-state index is 11.8. The van der Waals surface area contributed by atoms with E-state index in [1.807, 2.05) is 18.3 Å². The van der Waals surface area contributed by atoms with Gasteiger partial charge in [0.2, 0.25) is 0 Å². The highest BCUT2D eigenvalue weighted by Crippen LogP contribution is 2.22. The lowest BCUT2D eigenvalue weighted by molar-refractivity contribution is 0.0973. The molecular formula is C14H13BrN2O. The van der Waals surface area contributed by atoms with Gasteiger partial charge in [0.1, 0.15) is 0 Å². The number of Topliss-reactive ketones (excluding diaryl/α,β-unsaturated/α-hetero) is 1. The molecule has 0 saturated carbocycles. The Morgan fingerprint density at radius 1 is 1.28 bits per heavy atom. The van der Waals surface area contributed by atoms with Crippen LogP contribution in [-0.4, -0.2) is 15.3 Å². The summed E-state index contributed by atoms with van der Waals surface area (Å²) in [6.45, 7) is 0.716. The lowest BCUT2D eigenvalue weighted by Crippen LogP contribution is -2.07. The molecule has 0 amide bonds. The molecule has 18 heavy (non-hydrogen) atoms. The van der Waals surface area contributed by atoms with E-state index in [4.69, 9.17) is 0 Å². The van der Waals surface area contributed by atoms with Crippen LogP contribution in [0, 0.1) is 0 Å². The molecule has 1 aliphatic rings. The summed E-state index contributed by atoms with van der Waals surface area (Å²) in [4.78, 5) is 16.1. The maximum absolute atomic E-state index is 11.8. The van der Waals surface area contributed by atoms with Crippen molar-refractivity contribution in [3.05, 3.63) is 52.0 Å². The minimum atomic E-state index is 0.277. The van der Waals surface area contributed by atoms with Gasteiger partial charge in [-0.1, -0.05) is 0 Å². The summed E-state index contributed by atoms with van der Waals surface area (Å²) >= 11 is 3.37. The van der Waals surface area contributed by atoms with Gasteiger partial charge in [-0.3, -0.25) is 9.78 Å². The van der Waals surface area contributed by atoms with Crippen molar-refractivity contribution in [3.8, 4) is 0 Å². The van der Waals surface area contributed by atoms with Crippen LogP contribution in [0.3, 0.4) is 0 Å². The number of aromatic nitrogens is 2. The van der Waals surface area contributed by atoms with Crippen molar-refractivity contribution < 1.29 is 4.79 Å². The molecule has 3 nitrogen and oxygen atoms in total. The molecule has 0 aliphatic heterocycles. The molecule has 2 aromatic rings. The molecule has 4 heteroatoms. The first-order valence-electron chi connectivity index (χ1n) is 6.04. The Hall–Kier alpha value is -1.42. The predicted molar refractivity (Wildman–Crippen MR) is 72.7 cm³/mol. The molecule has 92 valence electrons. The Kier molecular flexibility index (Phi) is 3.04. The van der Waals surface area contributed by atoms with Gasteiger partial charge in [-0.2, -0.15) is 0 Å². The van der Waals surface area contributed by atoms with Gasteiger partial charge in [0.25, 0.3) is 0 Å². The van der Waals surface area contributed by atoms with E-state index in [2.05, 4.69) is 31.7 Å². The number of aryl methyl sites for hydroxylation is 1. The quantitative estimate of drug-likeness (QED) is 0.854. The van der Waals surface area contributed by atoms with Crippen LogP contribution in [0.4, 0.5) is 0 Å². The molecule has 1 aliphatic carbocycles. The van der Waals surface area contributed by atoms with Gasteiger partial charge in [-0.15, -0.1) is 0 Å². The number of ketones is 1. The Labute approximate surface area is 114 Å². The highest BCUT2D eigenvalue weighted by Gasteiger charge is 2.19. The van der Waals surface area contributed by atoms with Crippen molar-refractivity contribution in [2.75, 3.05) is 0 Å². The predicted octanol–water partition coefficient (Wildman–Crippen LogP) is 3.21. The second-order valence-electron chi connectivity index (χ2n) is 4.61. The number of carbonyl (C=O) groups excluding carboxylic acids is 1. The van der Waals surface area contributed by atoms with E-state index < -0.39 is 0 Å². The zero-order valence-electron chi connectivity index (χ0n) is 9.90. The van der Waals surface area contributed by atoms with Crippen LogP contribution in [-0.2, 0) is 13.0 Å². The number of fused-ring (bicyclic) bond motifs is 1. The van der Waals surface area contributed by atoms with Crippen LogP contribution in [0.2, 0.25) is 0 Å². The number of rotatable bonds is 2. The zero-order valence-corrected chi connectivity index (χ0v) is 11.5. The fourth-order valence-corrected chi connectivity index (χ4v) is 2.59. The van der Waals surface area contributed by atoms with Crippen molar-refractivity contribution in [2.45, 2.75) is 25.8 Å². The topological polar surface area (TPSA) is 34.9 Å². The van der Waals surface area contributed by atoms with Crippen molar-refractivity contribution in [1.29, 1.82) is 0 Å². The number of nitrogens with zero attached hydrogens (tertiary/aromatic N) is 2. The first kappa shape index (κ1) is 11.7. The largest absolute Gasteiger partial charge is 0.347 e. The van der Waals surface area contributed by atoms with Gasteiger partial charge in [-0.05, 0) is 46.5 Å². The van der Waals surface area contributed by atoms with E-state index in [0.717, 1.165) is 28.6 Å². The molecule has 0 radical (unpaired) electrons. The van der Waals surface area contributed by atoms with Gasteiger partial charge in [0, 0.05) is 35.0 Å². The van der Waals surface area contributed by atoms with Crippen LogP contribution >= 0.6 is 15.9 Å². The summed E-state index contributed by atoms with van der Waals surface area (Å²) in [5, 5.41) is 0. The van der Waals surface area contributed by atoms with E-state index in [0.29, 0.717) is 13.0 Å². The molecule has 3 rings (SSSR count). The maximum Gasteiger partial charge on any atom is 0.164 e. The van der Waals surface area contributed by atoms with Crippen LogP contribution in [0.5, 0.6) is 0 Å². The molecule has 0 spiro atoms. The van der Waals surface area contributed by atoms with Gasteiger partial charge in [0.15, 0.2) is 5.78 Å². The van der Waals surface area contributed by atoms with Crippen molar-refractivity contribution in [3.63, 3.8) is 0 Å². The van der Waals surface area contributed by atoms with E-state index in [1.54, 1.807) is 6.20 Å². The number of hydrogen-bond acceptors (Lipinski definition) is 2. The molecular weight excluding hydrogens is 292 g/mol. The summed E-state index contributed by atoms with van der Waals surface area (Å²) < 4.78 is 3.04. The van der Waals surface area contributed by atoms with Crippen LogP contribution in [0.15, 0.2) is 35.2 Å². The third-order valence-electron chi connectivity index (χ3n) is 3.25. The average molecular weight is 305 g/mol. The molecule has 0 fully saturated rings. The van der Waals surface area contributed by atoms with E-state index >= 15 is 0 Å². The number of pyridine rings is 1. The molecule has 2 aromatic heterocycles. The summed E-state index contributed by atoms with van der Waals surface area (Å²) in [6.07, 6.45) is 8.52. The van der Waals surface area contributed by atoms with Gasteiger partial charge in [0.05, 0.1) is 12.2 Å². The smallest absolute Gasteiger partial charge is 0.164 e. The second-order valence-corrected chi connectivity index (χ2v) is 5.53. The summed E-state index contributed by atoms with van der Waals surface area (Å²) in [6, 6.07) is 3.97. The fraction of sp³-hybridized carbons (Fsp3) is 0.286. The molecule has 0 N–H and O–H groups in total. The number of hydrogen-bond donors (Lipinski definition) is 0. The second kappa shape index (κ2) is 4.69. The fourth-order valence-electron chi connectivity index (χ4n) is 2.36. The first-order valence-corrected chi connectivity index (χ1v) is 6.84. The normalized spacial score (nSPS) is 14.6. The van der Waals surface area contributed by atoms with Crippen molar-refractivity contribution in [2.24, 2.45) is 0 Å². The van der Waals surface area contributed by atoms with Crippen LogP contribution in [0.1, 0.15) is 34.5 Å². The van der Waals surface area contributed by atoms with Gasteiger partial charge >= 0.3 is 0 Å². The van der Waals surface area contributed by atoms with Crippen molar-refractivity contribution >= 4 is 21.7 Å². The summed E-state index contributed by atoms with van der Waals surface area (Å²) in [5.74, 6) is 0.277. The highest BCUT2D eigenvalue weighted by molar-refractivity contribution is 9.10.